The Morgan fingerprint density at radius 3 is 1.98 bits per heavy atom. The zero-order valence-corrected chi connectivity index (χ0v) is 23.9. The molecule has 0 heterocycles. The highest BCUT2D eigenvalue weighted by molar-refractivity contribution is 7.88. The number of carbonyl (C=O) groups excluding carboxylic acids is 2. The topological polar surface area (TPSA) is 86.8 Å². The van der Waals surface area contributed by atoms with Crippen molar-refractivity contribution in [2.45, 2.75) is 51.7 Å². The number of hydrogen-bond donors (Lipinski definition) is 1. The molecule has 1 atom stereocenters. The molecule has 0 fully saturated rings. The minimum atomic E-state index is -3.76. The zero-order chi connectivity index (χ0) is 29.0. The van der Waals surface area contributed by atoms with Crippen LogP contribution in [0, 0.1) is 5.82 Å². The van der Waals surface area contributed by atoms with E-state index in [4.69, 9.17) is 0 Å². The van der Waals surface area contributed by atoms with E-state index in [1.807, 2.05) is 36.4 Å². The maximum Gasteiger partial charge on any atom is 0.243 e. The summed E-state index contributed by atoms with van der Waals surface area (Å²) in [6.07, 6.45) is 4.08. The lowest BCUT2D eigenvalue weighted by Gasteiger charge is -2.33. The first-order valence-corrected chi connectivity index (χ1v) is 15.4. The summed E-state index contributed by atoms with van der Waals surface area (Å²) in [6, 6.07) is 23.2. The zero-order valence-electron chi connectivity index (χ0n) is 23.1. The summed E-state index contributed by atoms with van der Waals surface area (Å²) in [7, 11) is -3.76. The van der Waals surface area contributed by atoms with Crippen molar-refractivity contribution in [3.8, 4) is 0 Å². The summed E-state index contributed by atoms with van der Waals surface area (Å²) < 4.78 is 40.2. The molecule has 0 aliphatic heterocycles. The van der Waals surface area contributed by atoms with Crippen LogP contribution in [0.1, 0.15) is 42.9 Å². The lowest BCUT2D eigenvalue weighted by Crippen LogP contribution is -2.53. The number of unbranched alkanes of at least 4 members (excludes halogenated alkanes) is 2. The number of rotatable bonds is 15. The van der Waals surface area contributed by atoms with Gasteiger partial charge in [-0.2, -0.15) is 4.31 Å². The molecule has 3 rings (SSSR count). The quantitative estimate of drug-likeness (QED) is 0.274. The molecule has 2 amide bonds. The molecule has 0 aliphatic rings. The van der Waals surface area contributed by atoms with Crippen molar-refractivity contribution >= 4 is 21.8 Å². The van der Waals surface area contributed by atoms with Crippen LogP contribution in [0.25, 0.3) is 0 Å². The molecule has 0 radical (unpaired) electrons. The fourth-order valence-corrected chi connectivity index (χ4v) is 5.09. The van der Waals surface area contributed by atoms with Crippen molar-refractivity contribution in [3.63, 3.8) is 0 Å². The van der Waals surface area contributed by atoms with Crippen LogP contribution in [-0.4, -0.2) is 54.8 Å². The number of sulfonamides is 1. The molecular weight excluding hydrogens is 529 g/mol. The Labute approximate surface area is 237 Å². The van der Waals surface area contributed by atoms with E-state index >= 15 is 0 Å². The van der Waals surface area contributed by atoms with Gasteiger partial charge in [0.05, 0.1) is 12.8 Å². The summed E-state index contributed by atoms with van der Waals surface area (Å²) in [5, 5.41) is 2.97. The molecule has 1 N–H and O–H groups in total. The van der Waals surface area contributed by atoms with Crippen molar-refractivity contribution in [1.82, 2.24) is 14.5 Å². The maximum atomic E-state index is 13.9. The first-order chi connectivity index (χ1) is 19.2. The van der Waals surface area contributed by atoms with Crippen LogP contribution < -0.4 is 5.32 Å². The standard InChI is InChI=1S/C31H38FN3O4S/c1-3-4-11-20-33-31(37)29(21-25-12-7-5-8-13-25)35(23-27-16-18-28(32)19-17-27)30(36)24-34(40(2,38)39)22-26-14-9-6-10-15-26/h5-10,12-19,29H,3-4,11,20-24H2,1-2H3,(H,33,37)/t29-/m1/s1. The number of hydrogen-bond acceptors (Lipinski definition) is 4. The Balaban J connectivity index is 1.95. The average Bonchev–Trinajstić information content (AvgIpc) is 2.94. The van der Waals surface area contributed by atoms with Gasteiger partial charge in [0.15, 0.2) is 0 Å². The number of nitrogens with zero attached hydrogens (tertiary/aromatic N) is 2. The van der Waals surface area contributed by atoms with E-state index in [1.54, 1.807) is 36.4 Å². The molecule has 0 saturated carbocycles. The second-order valence-corrected chi connectivity index (χ2v) is 11.9. The molecule has 3 aromatic carbocycles. The second-order valence-electron chi connectivity index (χ2n) is 9.87. The van der Waals surface area contributed by atoms with Gasteiger partial charge in [0.2, 0.25) is 21.8 Å². The van der Waals surface area contributed by atoms with Crippen molar-refractivity contribution in [3.05, 3.63) is 107 Å². The van der Waals surface area contributed by atoms with Crippen LogP contribution in [-0.2, 0) is 39.1 Å². The SMILES string of the molecule is CCCCCNC(=O)[C@@H](Cc1ccccc1)N(Cc1ccc(F)cc1)C(=O)CN(Cc1ccccc1)S(C)(=O)=O. The minimum Gasteiger partial charge on any atom is -0.354 e. The van der Waals surface area contributed by atoms with Gasteiger partial charge in [-0.05, 0) is 35.2 Å². The Bertz CT molecular complexity index is 1320. The number of halogens is 1. The van der Waals surface area contributed by atoms with Crippen LogP contribution in [0.3, 0.4) is 0 Å². The van der Waals surface area contributed by atoms with Crippen molar-refractivity contribution in [1.29, 1.82) is 0 Å². The Kier molecular flexibility index (Phi) is 11.8. The van der Waals surface area contributed by atoms with Crippen LogP contribution >= 0.6 is 0 Å². The lowest BCUT2D eigenvalue weighted by atomic mass is 10.0. The Morgan fingerprint density at radius 2 is 1.40 bits per heavy atom. The third kappa shape index (κ3) is 9.88. The molecule has 0 aliphatic carbocycles. The highest BCUT2D eigenvalue weighted by Gasteiger charge is 2.32. The van der Waals surface area contributed by atoms with E-state index in [2.05, 4.69) is 12.2 Å². The van der Waals surface area contributed by atoms with Gasteiger partial charge in [0.25, 0.3) is 0 Å². The first-order valence-electron chi connectivity index (χ1n) is 13.5. The molecule has 0 saturated heterocycles. The summed E-state index contributed by atoms with van der Waals surface area (Å²) in [5.41, 5.74) is 2.22. The monoisotopic (exact) mass is 567 g/mol. The molecule has 0 unspecified atom stereocenters. The van der Waals surface area contributed by atoms with E-state index in [-0.39, 0.29) is 25.4 Å². The van der Waals surface area contributed by atoms with E-state index in [1.165, 1.54) is 17.0 Å². The van der Waals surface area contributed by atoms with E-state index < -0.39 is 34.3 Å². The van der Waals surface area contributed by atoms with E-state index in [0.717, 1.165) is 41.0 Å². The van der Waals surface area contributed by atoms with Gasteiger partial charge in [-0.15, -0.1) is 0 Å². The molecule has 3 aromatic rings. The van der Waals surface area contributed by atoms with Gasteiger partial charge in [0.1, 0.15) is 11.9 Å². The smallest absolute Gasteiger partial charge is 0.243 e. The normalized spacial score (nSPS) is 12.2. The first kappa shape index (κ1) is 31.0. The highest BCUT2D eigenvalue weighted by Crippen LogP contribution is 2.17. The Hall–Kier alpha value is -3.56. The predicted molar refractivity (Wildman–Crippen MR) is 155 cm³/mol. The predicted octanol–water partition coefficient (Wildman–Crippen LogP) is 4.53. The molecule has 40 heavy (non-hydrogen) atoms. The summed E-state index contributed by atoms with van der Waals surface area (Å²) >= 11 is 0. The minimum absolute atomic E-state index is 0.0158. The third-order valence-electron chi connectivity index (χ3n) is 6.60. The fraction of sp³-hybridized carbons (Fsp3) is 0.355. The van der Waals surface area contributed by atoms with E-state index in [0.29, 0.717) is 12.1 Å². The number of carbonyl (C=O) groups is 2. The van der Waals surface area contributed by atoms with Crippen molar-refractivity contribution in [2.75, 3.05) is 19.3 Å². The van der Waals surface area contributed by atoms with Crippen molar-refractivity contribution in [2.24, 2.45) is 0 Å². The molecule has 9 heteroatoms. The van der Waals surface area contributed by atoms with Crippen LogP contribution in [0.5, 0.6) is 0 Å². The maximum absolute atomic E-state index is 13.9. The molecule has 0 bridgehead atoms. The van der Waals surface area contributed by atoms with Crippen molar-refractivity contribution < 1.29 is 22.4 Å². The molecule has 0 aromatic heterocycles. The molecule has 7 nitrogen and oxygen atoms in total. The van der Waals surface area contributed by atoms with Crippen LogP contribution in [0.15, 0.2) is 84.9 Å². The number of nitrogens with one attached hydrogen (secondary N) is 1. The van der Waals surface area contributed by atoms with E-state index in [9.17, 15) is 22.4 Å². The molecule has 214 valence electrons. The Morgan fingerprint density at radius 1 is 0.825 bits per heavy atom. The number of benzene rings is 3. The lowest BCUT2D eigenvalue weighted by molar-refractivity contribution is -0.141. The van der Waals surface area contributed by atoms with Crippen LogP contribution in [0.4, 0.5) is 4.39 Å². The number of amides is 2. The largest absolute Gasteiger partial charge is 0.354 e. The van der Waals surface area contributed by atoms with Crippen LogP contribution in [0.2, 0.25) is 0 Å². The fourth-order valence-electron chi connectivity index (χ4n) is 4.36. The van der Waals surface area contributed by atoms with Gasteiger partial charge in [-0.1, -0.05) is 92.6 Å². The molecular formula is C31H38FN3O4S. The van der Waals surface area contributed by atoms with Gasteiger partial charge < -0.3 is 10.2 Å². The van der Waals surface area contributed by atoms with Gasteiger partial charge in [0, 0.05) is 26.1 Å². The average molecular weight is 568 g/mol. The summed E-state index contributed by atoms with van der Waals surface area (Å²) in [5.74, 6) is -1.25. The van der Waals surface area contributed by atoms with Gasteiger partial charge >= 0.3 is 0 Å². The van der Waals surface area contributed by atoms with Gasteiger partial charge in [-0.25, -0.2) is 12.8 Å². The summed E-state index contributed by atoms with van der Waals surface area (Å²) in [4.78, 5) is 28.9. The molecule has 0 spiro atoms. The summed E-state index contributed by atoms with van der Waals surface area (Å²) in [6.45, 7) is 2.14. The second kappa shape index (κ2) is 15.3. The third-order valence-corrected chi connectivity index (χ3v) is 7.80. The highest BCUT2D eigenvalue weighted by atomic mass is 32.2. The van der Waals surface area contributed by atoms with Gasteiger partial charge in [-0.3, -0.25) is 9.59 Å².